The maximum absolute atomic E-state index is 10.9. The van der Waals surface area contributed by atoms with Crippen molar-refractivity contribution in [2.75, 3.05) is 0 Å². The maximum Gasteiger partial charge on any atom is 0.328 e. The Kier molecular flexibility index (Phi) is 2.44. The molecule has 0 saturated heterocycles. The maximum atomic E-state index is 10.9. The molecule has 0 spiro atoms. The Morgan fingerprint density at radius 3 is 2.69 bits per heavy atom. The predicted octanol–water partition coefficient (Wildman–Crippen LogP) is -0.839. The first-order chi connectivity index (χ1) is 6.09. The van der Waals surface area contributed by atoms with Crippen molar-refractivity contribution in [3.63, 3.8) is 0 Å². The molecular formula is C7H6N2O4. The largest absolute Gasteiger partial charge is 0.478 e. The number of aromatic nitrogens is 2. The topological polar surface area (TPSA) is 103 Å². The SMILES string of the molecule is O=C(O)/C=C/c1c[nH]c(=O)[nH]c1=O. The van der Waals surface area contributed by atoms with E-state index in [9.17, 15) is 14.4 Å². The van der Waals surface area contributed by atoms with Gasteiger partial charge >= 0.3 is 11.7 Å². The molecule has 1 heterocycles. The van der Waals surface area contributed by atoms with Gasteiger partial charge in [0.05, 0.1) is 5.56 Å². The van der Waals surface area contributed by atoms with Crippen molar-refractivity contribution in [1.29, 1.82) is 0 Å². The lowest BCUT2D eigenvalue weighted by Gasteiger charge is -1.88. The molecule has 6 heteroatoms. The summed E-state index contributed by atoms with van der Waals surface area (Å²) in [7, 11) is 0. The second-order valence-corrected chi connectivity index (χ2v) is 2.20. The summed E-state index contributed by atoms with van der Waals surface area (Å²) < 4.78 is 0. The Morgan fingerprint density at radius 2 is 2.15 bits per heavy atom. The van der Waals surface area contributed by atoms with Crippen molar-refractivity contribution in [2.24, 2.45) is 0 Å². The minimum absolute atomic E-state index is 0.0852. The van der Waals surface area contributed by atoms with Crippen LogP contribution in [0.3, 0.4) is 0 Å². The number of aromatic amines is 2. The second-order valence-electron chi connectivity index (χ2n) is 2.20. The summed E-state index contributed by atoms with van der Waals surface area (Å²) in [5, 5.41) is 8.25. The van der Waals surface area contributed by atoms with Crippen molar-refractivity contribution in [3.05, 3.63) is 38.7 Å². The molecule has 0 radical (unpaired) electrons. The Bertz CT molecular complexity index is 454. The number of aliphatic carboxylic acids is 1. The van der Waals surface area contributed by atoms with E-state index in [2.05, 4.69) is 4.98 Å². The average molecular weight is 182 g/mol. The van der Waals surface area contributed by atoms with Gasteiger partial charge in [-0.2, -0.15) is 0 Å². The number of nitrogens with one attached hydrogen (secondary N) is 2. The standard InChI is InChI=1S/C7H6N2O4/c10-5(11)2-1-4-3-8-7(13)9-6(4)12/h1-3H,(H,10,11)(H2,8,9,12,13)/b2-1+. The quantitative estimate of drug-likeness (QED) is 0.519. The number of hydrogen-bond donors (Lipinski definition) is 3. The predicted molar refractivity (Wildman–Crippen MR) is 44.4 cm³/mol. The molecule has 0 amide bonds. The number of carboxylic acid groups (broad SMARTS) is 1. The van der Waals surface area contributed by atoms with E-state index in [0.717, 1.165) is 18.3 Å². The number of H-pyrrole nitrogens is 2. The Morgan fingerprint density at radius 1 is 1.46 bits per heavy atom. The Labute approximate surface area is 71.6 Å². The fraction of sp³-hybridized carbons (Fsp3) is 0. The second kappa shape index (κ2) is 3.53. The number of carboxylic acids is 1. The molecule has 0 bridgehead atoms. The minimum atomic E-state index is -1.16. The molecule has 1 aromatic heterocycles. The summed E-state index contributed by atoms with van der Waals surface area (Å²) in [6.07, 6.45) is 3.04. The van der Waals surface area contributed by atoms with Gasteiger partial charge in [0.2, 0.25) is 0 Å². The summed E-state index contributed by atoms with van der Waals surface area (Å²) >= 11 is 0. The van der Waals surface area contributed by atoms with Crippen molar-refractivity contribution < 1.29 is 9.90 Å². The highest BCUT2D eigenvalue weighted by Crippen LogP contribution is 1.88. The zero-order chi connectivity index (χ0) is 9.84. The van der Waals surface area contributed by atoms with Crippen LogP contribution in [0, 0.1) is 0 Å². The molecule has 1 rings (SSSR count). The molecule has 0 aliphatic carbocycles. The summed E-state index contributed by atoms with van der Waals surface area (Å²) in [6.45, 7) is 0. The van der Waals surface area contributed by atoms with Gasteiger partial charge in [-0.25, -0.2) is 9.59 Å². The van der Waals surface area contributed by atoms with Crippen molar-refractivity contribution in [1.82, 2.24) is 9.97 Å². The van der Waals surface area contributed by atoms with Crippen LogP contribution in [0.1, 0.15) is 5.56 Å². The zero-order valence-corrected chi connectivity index (χ0v) is 6.40. The van der Waals surface area contributed by atoms with Gasteiger partial charge in [0.25, 0.3) is 5.56 Å². The normalized spacial score (nSPS) is 10.5. The zero-order valence-electron chi connectivity index (χ0n) is 6.40. The van der Waals surface area contributed by atoms with Gasteiger partial charge in [0.1, 0.15) is 0 Å². The molecule has 0 atom stereocenters. The molecule has 3 N–H and O–H groups in total. The van der Waals surface area contributed by atoms with Gasteiger partial charge < -0.3 is 10.1 Å². The van der Waals surface area contributed by atoms with Crippen LogP contribution in [-0.4, -0.2) is 21.0 Å². The third-order valence-electron chi connectivity index (χ3n) is 1.25. The Hall–Kier alpha value is -2.11. The third-order valence-corrected chi connectivity index (χ3v) is 1.25. The van der Waals surface area contributed by atoms with E-state index in [-0.39, 0.29) is 5.56 Å². The van der Waals surface area contributed by atoms with Crippen LogP contribution >= 0.6 is 0 Å². The van der Waals surface area contributed by atoms with Crippen molar-refractivity contribution >= 4 is 12.0 Å². The first kappa shape index (κ1) is 8.98. The monoisotopic (exact) mass is 182 g/mol. The molecular weight excluding hydrogens is 176 g/mol. The smallest absolute Gasteiger partial charge is 0.328 e. The Balaban J connectivity index is 3.11. The lowest BCUT2D eigenvalue weighted by atomic mass is 10.3. The molecule has 0 aliphatic rings. The molecule has 0 aromatic carbocycles. The fourth-order valence-corrected chi connectivity index (χ4v) is 0.705. The van der Waals surface area contributed by atoms with Crippen molar-refractivity contribution in [2.45, 2.75) is 0 Å². The number of hydrogen-bond acceptors (Lipinski definition) is 3. The van der Waals surface area contributed by atoms with E-state index in [1.165, 1.54) is 0 Å². The molecule has 0 aliphatic heterocycles. The summed E-state index contributed by atoms with van der Waals surface area (Å²) in [6, 6.07) is 0. The van der Waals surface area contributed by atoms with E-state index in [1.54, 1.807) is 0 Å². The van der Waals surface area contributed by atoms with Gasteiger partial charge in [0, 0.05) is 12.3 Å². The summed E-state index contributed by atoms with van der Waals surface area (Å²) in [4.78, 5) is 35.7. The van der Waals surface area contributed by atoms with E-state index in [1.807, 2.05) is 4.98 Å². The van der Waals surface area contributed by atoms with Crippen LogP contribution in [0.15, 0.2) is 21.9 Å². The number of rotatable bonds is 2. The highest BCUT2D eigenvalue weighted by Gasteiger charge is 1.95. The van der Waals surface area contributed by atoms with E-state index in [0.29, 0.717) is 0 Å². The van der Waals surface area contributed by atoms with E-state index >= 15 is 0 Å². The summed E-state index contributed by atoms with van der Waals surface area (Å²) in [5.74, 6) is -1.16. The molecule has 0 saturated carbocycles. The minimum Gasteiger partial charge on any atom is -0.478 e. The van der Waals surface area contributed by atoms with Crippen LogP contribution in [0.4, 0.5) is 0 Å². The average Bonchev–Trinajstić information content (AvgIpc) is 2.02. The summed E-state index contributed by atoms with van der Waals surface area (Å²) in [5.41, 5.74) is -1.17. The van der Waals surface area contributed by atoms with Gasteiger partial charge in [-0.05, 0) is 6.08 Å². The lowest BCUT2D eigenvalue weighted by Crippen LogP contribution is -2.22. The van der Waals surface area contributed by atoms with Gasteiger partial charge in [-0.3, -0.25) is 9.78 Å². The van der Waals surface area contributed by atoms with Gasteiger partial charge in [-0.1, -0.05) is 0 Å². The van der Waals surface area contributed by atoms with Crippen LogP contribution in [0.5, 0.6) is 0 Å². The van der Waals surface area contributed by atoms with Crippen LogP contribution < -0.4 is 11.2 Å². The molecule has 68 valence electrons. The molecule has 1 aromatic rings. The van der Waals surface area contributed by atoms with E-state index in [4.69, 9.17) is 5.11 Å². The highest BCUT2D eigenvalue weighted by atomic mass is 16.4. The molecule has 0 unspecified atom stereocenters. The molecule has 0 fully saturated rings. The van der Waals surface area contributed by atoms with Crippen LogP contribution in [-0.2, 0) is 4.79 Å². The van der Waals surface area contributed by atoms with Crippen LogP contribution in [0.2, 0.25) is 0 Å². The highest BCUT2D eigenvalue weighted by molar-refractivity contribution is 5.85. The third kappa shape index (κ3) is 2.44. The van der Waals surface area contributed by atoms with Gasteiger partial charge in [-0.15, -0.1) is 0 Å². The first-order valence-corrected chi connectivity index (χ1v) is 3.32. The fourth-order valence-electron chi connectivity index (χ4n) is 0.705. The van der Waals surface area contributed by atoms with Gasteiger partial charge in [0.15, 0.2) is 0 Å². The van der Waals surface area contributed by atoms with Crippen molar-refractivity contribution in [3.8, 4) is 0 Å². The first-order valence-electron chi connectivity index (χ1n) is 3.32. The van der Waals surface area contributed by atoms with Crippen LogP contribution in [0.25, 0.3) is 6.08 Å². The molecule has 13 heavy (non-hydrogen) atoms. The molecule has 6 nitrogen and oxygen atoms in total. The lowest BCUT2D eigenvalue weighted by molar-refractivity contribution is -0.131. The number of carbonyl (C=O) groups is 1. The van der Waals surface area contributed by atoms with E-state index < -0.39 is 17.2 Å².